The average molecular weight is 479 g/mol. The Labute approximate surface area is 205 Å². The van der Waals surface area contributed by atoms with Crippen LogP contribution < -0.4 is 15.4 Å². The van der Waals surface area contributed by atoms with Crippen molar-refractivity contribution in [2.24, 2.45) is 0 Å². The van der Waals surface area contributed by atoms with Gasteiger partial charge in [0, 0.05) is 12.0 Å². The van der Waals surface area contributed by atoms with Crippen LogP contribution in [0.15, 0.2) is 74.2 Å². The molecule has 35 heavy (non-hydrogen) atoms. The molecule has 7 nitrogen and oxygen atoms in total. The second-order valence-electron chi connectivity index (χ2n) is 8.97. The number of ether oxygens (including phenoxy) is 2. The maximum atomic E-state index is 12.5. The van der Waals surface area contributed by atoms with E-state index in [4.69, 9.17) is 19.1 Å². The maximum absolute atomic E-state index is 12.5. The molecular weight excluding hydrogens is 446 g/mol. The van der Waals surface area contributed by atoms with Crippen molar-refractivity contribution in [3.8, 4) is 5.95 Å². The van der Waals surface area contributed by atoms with E-state index in [0.717, 1.165) is 23.1 Å². The van der Waals surface area contributed by atoms with E-state index in [9.17, 15) is 10.0 Å². The lowest BCUT2D eigenvalue weighted by atomic mass is 10.0. The first kappa shape index (κ1) is 26.1. The molecule has 0 fully saturated rings. The fourth-order valence-corrected chi connectivity index (χ4v) is 4.22. The quantitative estimate of drug-likeness (QED) is 0.333. The van der Waals surface area contributed by atoms with Crippen LogP contribution in [0.2, 0.25) is 0 Å². The molecule has 7 heteroatoms. The summed E-state index contributed by atoms with van der Waals surface area (Å²) >= 11 is 0. The molecule has 0 bridgehead atoms. The Morgan fingerprint density at radius 3 is 2.46 bits per heavy atom. The summed E-state index contributed by atoms with van der Waals surface area (Å²) in [5.41, 5.74) is 6.54. The van der Waals surface area contributed by atoms with E-state index in [-0.39, 0.29) is 28.4 Å². The van der Waals surface area contributed by atoms with E-state index >= 15 is 0 Å². The van der Waals surface area contributed by atoms with E-state index in [1.807, 2.05) is 6.92 Å². The van der Waals surface area contributed by atoms with Crippen LogP contribution in [-0.4, -0.2) is 12.3 Å². The molecule has 0 saturated heterocycles. The summed E-state index contributed by atoms with van der Waals surface area (Å²) in [6.45, 7) is 9.61. The molecule has 1 aromatic heterocycles. The molecule has 2 aromatic rings. The highest BCUT2D eigenvalue weighted by Crippen LogP contribution is 2.35. The minimum absolute atomic E-state index is 0.0921. The van der Waals surface area contributed by atoms with Crippen molar-refractivity contribution in [1.29, 1.82) is 0 Å². The Bertz CT molecular complexity index is 1250. The molecule has 0 unspecified atom stereocenters. The standard InChI is InChI=1S/C28H32NO6/c1-17(11-18(2)13-22-7-9-24(10-8-22)29(31)32)12-19(3)14-23-15-25(34-16-23)27-20(4)26(30)21(5)28(33-6)35-27/h7-10,12-14,16,25,31H,11,15H2,1-6H3/q-1/b17-12-,18-13+,19-14-/t25-/m0/s1. The van der Waals surface area contributed by atoms with Gasteiger partial charge in [0.15, 0.2) is 17.3 Å². The fraction of sp³-hybridized carbons (Fsp3) is 0.321. The van der Waals surface area contributed by atoms with Crippen molar-refractivity contribution >= 4 is 11.8 Å². The number of anilines is 1. The van der Waals surface area contributed by atoms with Crippen LogP contribution in [0.5, 0.6) is 5.95 Å². The van der Waals surface area contributed by atoms with E-state index in [1.54, 1.807) is 44.4 Å². The van der Waals surface area contributed by atoms with Crippen LogP contribution in [0.1, 0.15) is 62.2 Å². The molecule has 0 aliphatic carbocycles. The van der Waals surface area contributed by atoms with Crippen LogP contribution in [0.4, 0.5) is 5.69 Å². The minimum atomic E-state index is -0.364. The van der Waals surface area contributed by atoms with Crippen molar-refractivity contribution < 1.29 is 19.1 Å². The summed E-state index contributed by atoms with van der Waals surface area (Å²) in [6.07, 6.45) is 9.01. The number of hydrogen-bond acceptors (Lipinski definition) is 7. The van der Waals surface area contributed by atoms with Gasteiger partial charge in [-0.1, -0.05) is 47.1 Å². The van der Waals surface area contributed by atoms with Gasteiger partial charge in [-0.2, -0.15) is 0 Å². The third-order valence-electron chi connectivity index (χ3n) is 5.81. The van der Waals surface area contributed by atoms with Gasteiger partial charge < -0.3 is 24.3 Å². The topological polar surface area (TPSA) is 95.2 Å². The molecule has 1 aliphatic rings. The zero-order valence-electron chi connectivity index (χ0n) is 21.0. The van der Waals surface area contributed by atoms with Crippen molar-refractivity contribution in [1.82, 2.24) is 0 Å². The van der Waals surface area contributed by atoms with Crippen LogP contribution >= 0.6 is 0 Å². The van der Waals surface area contributed by atoms with Gasteiger partial charge in [0.25, 0.3) is 5.95 Å². The average Bonchev–Trinajstić information content (AvgIpc) is 3.25. The Hall–Kier alpha value is -3.55. The Morgan fingerprint density at radius 2 is 1.83 bits per heavy atom. The minimum Gasteiger partial charge on any atom is -0.733 e. The second-order valence-corrected chi connectivity index (χ2v) is 8.97. The summed E-state index contributed by atoms with van der Waals surface area (Å²) in [5, 5.41) is 19.7. The zero-order chi connectivity index (χ0) is 25.7. The Balaban J connectivity index is 1.65. The predicted octanol–water partition coefficient (Wildman–Crippen LogP) is 6.69. The maximum Gasteiger partial charge on any atom is 0.291 e. The van der Waals surface area contributed by atoms with Gasteiger partial charge in [-0.3, -0.25) is 10.0 Å². The molecular formula is C28H32NO6-. The van der Waals surface area contributed by atoms with E-state index < -0.39 is 0 Å². The zero-order valence-corrected chi connectivity index (χ0v) is 21.0. The van der Waals surface area contributed by atoms with Crippen LogP contribution in [-0.2, 0) is 4.74 Å². The van der Waals surface area contributed by atoms with Crippen LogP contribution in [0.25, 0.3) is 6.08 Å². The Morgan fingerprint density at radius 1 is 1.14 bits per heavy atom. The van der Waals surface area contributed by atoms with Gasteiger partial charge in [-0.15, -0.1) is 0 Å². The van der Waals surface area contributed by atoms with Gasteiger partial charge in [-0.25, -0.2) is 0 Å². The summed E-state index contributed by atoms with van der Waals surface area (Å²) in [4.78, 5) is 12.5. The molecule has 1 N–H and O–H groups in total. The summed E-state index contributed by atoms with van der Waals surface area (Å²) in [6, 6.07) is 6.73. The lowest BCUT2D eigenvalue weighted by Gasteiger charge is -2.21. The van der Waals surface area contributed by atoms with Gasteiger partial charge >= 0.3 is 0 Å². The van der Waals surface area contributed by atoms with Crippen molar-refractivity contribution in [3.05, 3.63) is 103 Å². The van der Waals surface area contributed by atoms with E-state index in [1.165, 1.54) is 18.3 Å². The second kappa shape index (κ2) is 11.3. The smallest absolute Gasteiger partial charge is 0.291 e. The summed E-state index contributed by atoms with van der Waals surface area (Å²) in [5.74, 6) is 0.718. The number of allylic oxidation sites excluding steroid dienone is 5. The molecule has 2 heterocycles. The SMILES string of the molecule is COc1oc([C@@H]2CC(/C=C(C)\C=C(\C)C/C(C)=C/c3ccc(N([O-])O)cc3)=CO2)c(C)c(=O)c1C. The van der Waals surface area contributed by atoms with E-state index in [0.29, 0.717) is 23.3 Å². The molecule has 1 atom stereocenters. The number of benzene rings is 1. The van der Waals surface area contributed by atoms with Gasteiger partial charge in [0.05, 0.1) is 24.6 Å². The number of nitrogens with zero attached hydrogens (tertiary/aromatic N) is 1. The molecule has 1 aliphatic heterocycles. The molecule has 0 spiro atoms. The monoisotopic (exact) mass is 478 g/mol. The largest absolute Gasteiger partial charge is 0.733 e. The lowest BCUT2D eigenvalue weighted by Crippen LogP contribution is -2.15. The van der Waals surface area contributed by atoms with Crippen molar-refractivity contribution in [2.45, 2.75) is 53.6 Å². The first-order valence-electron chi connectivity index (χ1n) is 11.4. The van der Waals surface area contributed by atoms with E-state index in [2.05, 4.69) is 32.1 Å². The highest BCUT2D eigenvalue weighted by molar-refractivity contribution is 5.57. The van der Waals surface area contributed by atoms with Crippen molar-refractivity contribution in [2.75, 3.05) is 12.3 Å². The van der Waals surface area contributed by atoms with Gasteiger partial charge in [0.1, 0.15) is 0 Å². The van der Waals surface area contributed by atoms with Crippen LogP contribution in [0, 0.1) is 19.1 Å². The molecule has 0 radical (unpaired) electrons. The molecule has 3 rings (SSSR count). The lowest BCUT2D eigenvalue weighted by molar-refractivity contribution is 0.134. The molecule has 1 aromatic carbocycles. The third kappa shape index (κ3) is 6.53. The third-order valence-corrected chi connectivity index (χ3v) is 5.81. The number of hydrogen-bond donors (Lipinski definition) is 1. The van der Waals surface area contributed by atoms with Crippen LogP contribution in [0.3, 0.4) is 0 Å². The molecule has 186 valence electrons. The highest BCUT2D eigenvalue weighted by atomic mass is 16.8. The highest BCUT2D eigenvalue weighted by Gasteiger charge is 2.27. The number of methoxy groups -OCH3 is 1. The molecule has 0 saturated carbocycles. The molecule has 0 amide bonds. The predicted molar refractivity (Wildman–Crippen MR) is 137 cm³/mol. The van der Waals surface area contributed by atoms with Gasteiger partial charge in [0.2, 0.25) is 0 Å². The Kier molecular flexibility index (Phi) is 8.38. The fourth-order valence-electron chi connectivity index (χ4n) is 4.22. The normalized spacial score (nSPS) is 16.7. The van der Waals surface area contributed by atoms with Gasteiger partial charge in [-0.05, 0) is 64.3 Å². The summed E-state index contributed by atoms with van der Waals surface area (Å²) < 4.78 is 16.9. The first-order chi connectivity index (χ1) is 16.6. The first-order valence-corrected chi connectivity index (χ1v) is 11.4. The number of rotatable bonds is 8. The summed E-state index contributed by atoms with van der Waals surface area (Å²) in [7, 11) is 1.48. The van der Waals surface area contributed by atoms with Crippen molar-refractivity contribution in [3.63, 3.8) is 0 Å².